The van der Waals surface area contributed by atoms with Crippen LogP contribution < -0.4 is 5.32 Å². The number of aromatic nitrogens is 4. The average Bonchev–Trinajstić information content (AvgIpc) is 3.07. The molecule has 26 heavy (non-hydrogen) atoms. The quantitative estimate of drug-likeness (QED) is 0.518. The van der Waals surface area contributed by atoms with Crippen LogP contribution in [0.1, 0.15) is 0 Å². The van der Waals surface area contributed by atoms with Gasteiger partial charge in [-0.2, -0.15) is 0 Å². The molecule has 0 saturated heterocycles. The topological polar surface area (TPSA) is 76.7 Å². The highest BCUT2D eigenvalue weighted by molar-refractivity contribution is 5.99. The van der Waals surface area contributed by atoms with Crippen LogP contribution >= 0.6 is 0 Å². The van der Waals surface area contributed by atoms with Crippen LogP contribution in [0.3, 0.4) is 0 Å². The maximum absolute atomic E-state index is 5.97. The lowest BCUT2D eigenvalue weighted by atomic mass is 10.2. The third-order valence-electron chi connectivity index (χ3n) is 4.12. The van der Waals surface area contributed by atoms with Crippen LogP contribution in [0.2, 0.25) is 0 Å². The average molecular weight is 339 g/mol. The van der Waals surface area contributed by atoms with Gasteiger partial charge in [0, 0.05) is 29.4 Å². The summed E-state index contributed by atoms with van der Waals surface area (Å²) in [6.45, 7) is 0. The summed E-state index contributed by atoms with van der Waals surface area (Å²) in [5, 5.41) is 5.39. The summed E-state index contributed by atoms with van der Waals surface area (Å²) in [6, 6.07) is 13.7. The lowest BCUT2D eigenvalue weighted by Crippen LogP contribution is -1.94. The van der Waals surface area contributed by atoms with Gasteiger partial charge in [-0.1, -0.05) is 18.2 Å². The molecule has 6 nitrogen and oxygen atoms in total. The Kier molecular flexibility index (Phi) is 3.31. The van der Waals surface area contributed by atoms with Gasteiger partial charge in [-0.15, -0.1) is 0 Å². The SMILES string of the molecule is c1cnc(-c2oc3cnccc3c2Nc2cnc3ccccc3c2)nc1. The molecule has 0 bridgehead atoms. The summed E-state index contributed by atoms with van der Waals surface area (Å²) < 4.78 is 5.97. The van der Waals surface area contributed by atoms with Crippen molar-refractivity contribution in [1.82, 2.24) is 19.9 Å². The molecule has 0 radical (unpaired) electrons. The second-order valence-corrected chi connectivity index (χ2v) is 5.79. The van der Waals surface area contributed by atoms with Gasteiger partial charge in [0.2, 0.25) is 0 Å². The highest BCUT2D eigenvalue weighted by Crippen LogP contribution is 2.37. The molecule has 0 saturated carbocycles. The third-order valence-corrected chi connectivity index (χ3v) is 4.12. The van der Waals surface area contributed by atoms with E-state index in [1.165, 1.54) is 0 Å². The first-order chi connectivity index (χ1) is 12.9. The molecule has 0 aliphatic carbocycles. The molecule has 4 heterocycles. The molecule has 0 unspecified atom stereocenters. The van der Waals surface area contributed by atoms with E-state index in [1.807, 2.05) is 30.3 Å². The highest BCUT2D eigenvalue weighted by Gasteiger charge is 2.18. The van der Waals surface area contributed by atoms with Crippen molar-refractivity contribution in [3.8, 4) is 11.6 Å². The van der Waals surface area contributed by atoms with E-state index in [2.05, 4.69) is 31.3 Å². The predicted octanol–water partition coefficient (Wildman–Crippen LogP) is 4.58. The van der Waals surface area contributed by atoms with E-state index in [0.29, 0.717) is 17.2 Å². The Balaban J connectivity index is 1.67. The number of benzene rings is 1. The molecule has 0 atom stereocenters. The van der Waals surface area contributed by atoms with E-state index in [4.69, 9.17) is 4.42 Å². The number of hydrogen-bond acceptors (Lipinski definition) is 6. The Morgan fingerprint density at radius 3 is 2.65 bits per heavy atom. The number of nitrogens with one attached hydrogen (secondary N) is 1. The number of rotatable bonds is 3. The van der Waals surface area contributed by atoms with Crippen LogP contribution in [0.5, 0.6) is 0 Å². The van der Waals surface area contributed by atoms with E-state index in [9.17, 15) is 0 Å². The van der Waals surface area contributed by atoms with Crippen molar-refractivity contribution in [3.63, 3.8) is 0 Å². The van der Waals surface area contributed by atoms with Gasteiger partial charge in [0.25, 0.3) is 0 Å². The van der Waals surface area contributed by atoms with Crippen molar-refractivity contribution in [2.75, 3.05) is 5.32 Å². The summed E-state index contributed by atoms with van der Waals surface area (Å²) in [6.07, 6.45) is 8.60. The third kappa shape index (κ3) is 2.44. The van der Waals surface area contributed by atoms with Crippen LogP contribution in [0.15, 0.2) is 77.9 Å². The summed E-state index contributed by atoms with van der Waals surface area (Å²) in [5.41, 5.74) is 3.28. The number of para-hydroxylation sites is 1. The summed E-state index contributed by atoms with van der Waals surface area (Å²) in [7, 11) is 0. The molecular formula is C20H13N5O. The van der Waals surface area contributed by atoms with Crippen molar-refractivity contribution < 1.29 is 4.42 Å². The van der Waals surface area contributed by atoms with E-state index in [0.717, 1.165) is 27.7 Å². The summed E-state index contributed by atoms with van der Waals surface area (Å²) in [5.74, 6) is 1.08. The Bertz CT molecular complexity index is 1220. The van der Waals surface area contributed by atoms with E-state index >= 15 is 0 Å². The van der Waals surface area contributed by atoms with Crippen LogP contribution in [0.4, 0.5) is 11.4 Å². The van der Waals surface area contributed by atoms with Gasteiger partial charge in [0.05, 0.1) is 29.3 Å². The van der Waals surface area contributed by atoms with Gasteiger partial charge < -0.3 is 9.73 Å². The standard InChI is InChI=1S/C20H13N5O/c1-2-5-16-13(4-1)10-14(11-24-16)25-18-15-6-9-21-12-17(15)26-19(18)20-22-7-3-8-23-20/h1-12,25H. The van der Waals surface area contributed by atoms with E-state index in [-0.39, 0.29) is 0 Å². The van der Waals surface area contributed by atoms with Crippen molar-refractivity contribution in [2.24, 2.45) is 0 Å². The fourth-order valence-corrected chi connectivity index (χ4v) is 2.93. The first kappa shape index (κ1) is 14.5. The Hall–Kier alpha value is -3.80. The first-order valence-electron chi connectivity index (χ1n) is 8.14. The minimum atomic E-state index is 0.514. The lowest BCUT2D eigenvalue weighted by Gasteiger charge is -2.07. The summed E-state index contributed by atoms with van der Waals surface area (Å²) in [4.78, 5) is 17.3. The highest BCUT2D eigenvalue weighted by atomic mass is 16.3. The van der Waals surface area contributed by atoms with Crippen molar-refractivity contribution >= 4 is 33.2 Å². The number of anilines is 2. The molecule has 0 aliphatic heterocycles. The smallest absolute Gasteiger partial charge is 0.197 e. The van der Waals surface area contributed by atoms with Gasteiger partial charge in [-0.05, 0) is 24.3 Å². The Labute approximate surface area is 148 Å². The molecular weight excluding hydrogens is 326 g/mol. The maximum atomic E-state index is 5.97. The molecule has 0 aliphatic rings. The van der Waals surface area contributed by atoms with Crippen molar-refractivity contribution in [3.05, 3.63) is 73.4 Å². The predicted molar refractivity (Wildman–Crippen MR) is 100 cm³/mol. The lowest BCUT2D eigenvalue weighted by molar-refractivity contribution is 0.624. The molecule has 1 N–H and O–H groups in total. The van der Waals surface area contributed by atoms with Crippen molar-refractivity contribution in [2.45, 2.75) is 0 Å². The molecule has 6 heteroatoms. The number of nitrogens with zero attached hydrogens (tertiary/aromatic N) is 4. The van der Waals surface area contributed by atoms with E-state index < -0.39 is 0 Å². The largest absolute Gasteiger partial charge is 0.449 e. The zero-order chi connectivity index (χ0) is 17.3. The second-order valence-electron chi connectivity index (χ2n) is 5.79. The van der Waals surface area contributed by atoms with Gasteiger partial charge in [0.15, 0.2) is 17.2 Å². The fraction of sp³-hybridized carbons (Fsp3) is 0. The number of hydrogen-bond donors (Lipinski definition) is 1. The summed E-state index contributed by atoms with van der Waals surface area (Å²) >= 11 is 0. The monoisotopic (exact) mass is 339 g/mol. The molecule has 1 aromatic carbocycles. The second kappa shape index (κ2) is 5.93. The zero-order valence-corrected chi connectivity index (χ0v) is 13.6. The van der Waals surface area contributed by atoms with Gasteiger partial charge >= 0.3 is 0 Å². The Morgan fingerprint density at radius 2 is 1.73 bits per heavy atom. The maximum Gasteiger partial charge on any atom is 0.197 e. The van der Waals surface area contributed by atoms with Gasteiger partial charge in [-0.25, -0.2) is 9.97 Å². The first-order valence-corrected chi connectivity index (χ1v) is 8.14. The number of furan rings is 1. The molecule has 0 amide bonds. The van der Waals surface area contributed by atoms with Crippen LogP contribution in [0, 0.1) is 0 Å². The molecule has 4 aromatic heterocycles. The molecule has 0 spiro atoms. The van der Waals surface area contributed by atoms with Crippen LogP contribution in [-0.2, 0) is 0 Å². The van der Waals surface area contributed by atoms with Crippen LogP contribution in [0.25, 0.3) is 33.5 Å². The molecule has 0 fully saturated rings. The number of pyridine rings is 2. The van der Waals surface area contributed by atoms with Gasteiger partial charge in [-0.3, -0.25) is 9.97 Å². The minimum absolute atomic E-state index is 0.514. The zero-order valence-electron chi connectivity index (χ0n) is 13.6. The number of fused-ring (bicyclic) bond motifs is 2. The fourth-order valence-electron chi connectivity index (χ4n) is 2.93. The van der Waals surface area contributed by atoms with Gasteiger partial charge in [0.1, 0.15) is 0 Å². The molecule has 5 aromatic rings. The molecule has 124 valence electrons. The molecule has 5 rings (SSSR count). The van der Waals surface area contributed by atoms with Crippen LogP contribution in [-0.4, -0.2) is 19.9 Å². The van der Waals surface area contributed by atoms with Crippen molar-refractivity contribution in [1.29, 1.82) is 0 Å². The van der Waals surface area contributed by atoms with E-state index in [1.54, 1.807) is 37.1 Å². The minimum Gasteiger partial charge on any atom is -0.449 e. The normalized spacial score (nSPS) is 11.1. The Morgan fingerprint density at radius 1 is 0.846 bits per heavy atom.